The molecule has 0 aliphatic heterocycles. The van der Waals surface area contributed by atoms with E-state index in [1.807, 2.05) is 35.7 Å². The van der Waals surface area contributed by atoms with Crippen molar-refractivity contribution < 1.29 is 14.6 Å². The van der Waals surface area contributed by atoms with Gasteiger partial charge in [0, 0.05) is 27.2 Å². The number of benzene rings is 2. The van der Waals surface area contributed by atoms with E-state index in [0.717, 1.165) is 15.6 Å². The minimum absolute atomic E-state index is 0.0828. The number of ether oxygens (including phenoxy) is 1. The summed E-state index contributed by atoms with van der Waals surface area (Å²) >= 11 is 8.05. The number of phenolic OH excluding ortho intramolecular Hbond substituents is 1. The normalized spacial score (nSPS) is 11.1. The van der Waals surface area contributed by atoms with Crippen LogP contribution in [0.1, 0.15) is 22.8 Å². The third-order valence-electron chi connectivity index (χ3n) is 3.71. The molecule has 0 aliphatic rings. The van der Waals surface area contributed by atoms with Gasteiger partial charge in [-0.3, -0.25) is 0 Å². The molecular weight excluding hydrogens is 494 g/mol. The van der Waals surface area contributed by atoms with Gasteiger partial charge in [-0.25, -0.2) is 9.79 Å². The Kier molecular flexibility index (Phi) is 6.46. The third kappa shape index (κ3) is 4.48. The molecule has 3 aromatic rings. The highest BCUT2D eigenvalue weighted by atomic mass is 79.9. The summed E-state index contributed by atoms with van der Waals surface area (Å²) in [6.45, 7) is 2.05. The summed E-state index contributed by atoms with van der Waals surface area (Å²) in [6, 6.07) is 13.1. The molecule has 27 heavy (non-hydrogen) atoms. The Morgan fingerprint density at radius 2 is 2.00 bits per heavy atom. The van der Waals surface area contributed by atoms with E-state index in [4.69, 9.17) is 4.74 Å². The second-order valence-corrected chi connectivity index (χ2v) is 8.13. The molecule has 0 amide bonds. The van der Waals surface area contributed by atoms with Gasteiger partial charge in [0.05, 0.1) is 11.1 Å². The van der Waals surface area contributed by atoms with Crippen LogP contribution in [-0.4, -0.2) is 23.9 Å². The summed E-state index contributed by atoms with van der Waals surface area (Å²) in [5.41, 5.74) is 2.66. The standard InChI is InChI=1S/C20H15Br2NO3S/c1-2-26-20(25)17-15(12-6-4-3-5-7-12)11-27-19(17)23-10-13-8-14(21)9-16(22)18(13)24/h3-11,24H,2H2,1H3/b23-10+. The average Bonchev–Trinajstić information content (AvgIpc) is 3.08. The van der Waals surface area contributed by atoms with Crippen molar-refractivity contribution in [3.05, 3.63) is 67.9 Å². The van der Waals surface area contributed by atoms with E-state index in [1.54, 1.807) is 19.1 Å². The molecule has 7 heteroatoms. The molecule has 0 saturated heterocycles. The number of carbonyl (C=O) groups is 1. The summed E-state index contributed by atoms with van der Waals surface area (Å²) in [6.07, 6.45) is 1.54. The summed E-state index contributed by atoms with van der Waals surface area (Å²) in [7, 11) is 0. The van der Waals surface area contributed by atoms with E-state index in [0.29, 0.717) is 20.6 Å². The zero-order chi connectivity index (χ0) is 19.4. The van der Waals surface area contributed by atoms with Gasteiger partial charge in [0.1, 0.15) is 16.3 Å². The number of halogens is 2. The average molecular weight is 509 g/mol. The second kappa shape index (κ2) is 8.82. The van der Waals surface area contributed by atoms with Crippen LogP contribution in [-0.2, 0) is 4.74 Å². The minimum atomic E-state index is -0.413. The van der Waals surface area contributed by atoms with Crippen molar-refractivity contribution in [2.24, 2.45) is 4.99 Å². The third-order valence-corrected chi connectivity index (χ3v) is 5.66. The van der Waals surface area contributed by atoms with Crippen molar-refractivity contribution in [1.82, 2.24) is 0 Å². The molecule has 3 rings (SSSR count). The van der Waals surface area contributed by atoms with Gasteiger partial charge < -0.3 is 9.84 Å². The van der Waals surface area contributed by atoms with Gasteiger partial charge in [-0.15, -0.1) is 11.3 Å². The number of nitrogens with zero attached hydrogens (tertiary/aromatic N) is 1. The molecule has 0 radical (unpaired) electrons. The van der Waals surface area contributed by atoms with Crippen LogP contribution in [0.4, 0.5) is 5.00 Å². The fourth-order valence-corrected chi connectivity index (χ4v) is 4.65. The summed E-state index contributed by atoms with van der Waals surface area (Å²) < 4.78 is 6.59. The lowest BCUT2D eigenvalue weighted by Crippen LogP contribution is -2.05. The molecule has 1 aromatic heterocycles. The van der Waals surface area contributed by atoms with Gasteiger partial charge in [0.15, 0.2) is 0 Å². The van der Waals surface area contributed by atoms with Crippen LogP contribution in [0.15, 0.2) is 61.8 Å². The molecule has 0 fully saturated rings. The van der Waals surface area contributed by atoms with Crippen molar-refractivity contribution in [1.29, 1.82) is 0 Å². The van der Waals surface area contributed by atoms with Crippen LogP contribution in [0.5, 0.6) is 5.75 Å². The highest BCUT2D eigenvalue weighted by molar-refractivity contribution is 9.11. The van der Waals surface area contributed by atoms with E-state index in [-0.39, 0.29) is 12.4 Å². The fourth-order valence-electron chi connectivity index (χ4n) is 2.49. The molecule has 1 N–H and O–H groups in total. The van der Waals surface area contributed by atoms with Gasteiger partial charge in [0.2, 0.25) is 0 Å². The van der Waals surface area contributed by atoms with Crippen LogP contribution >= 0.6 is 43.2 Å². The zero-order valence-electron chi connectivity index (χ0n) is 14.3. The number of aromatic hydroxyl groups is 1. The first-order chi connectivity index (χ1) is 13.0. The predicted octanol–water partition coefficient (Wildman–Crippen LogP) is 6.57. The molecule has 2 aromatic carbocycles. The molecule has 0 bridgehead atoms. The minimum Gasteiger partial charge on any atom is -0.506 e. The number of thiophene rings is 1. The van der Waals surface area contributed by atoms with E-state index in [2.05, 4.69) is 36.9 Å². The van der Waals surface area contributed by atoms with Crippen molar-refractivity contribution >= 4 is 60.4 Å². The number of aliphatic imine (C=N–C) groups is 1. The zero-order valence-corrected chi connectivity index (χ0v) is 18.3. The number of hydrogen-bond donors (Lipinski definition) is 1. The highest BCUT2D eigenvalue weighted by Crippen LogP contribution is 2.38. The highest BCUT2D eigenvalue weighted by Gasteiger charge is 2.21. The molecule has 138 valence electrons. The predicted molar refractivity (Wildman–Crippen MR) is 116 cm³/mol. The van der Waals surface area contributed by atoms with Gasteiger partial charge in [0.25, 0.3) is 0 Å². The lowest BCUT2D eigenvalue weighted by atomic mass is 10.0. The molecule has 0 spiro atoms. The van der Waals surface area contributed by atoms with E-state index in [9.17, 15) is 9.90 Å². The monoisotopic (exact) mass is 507 g/mol. The molecule has 0 saturated carbocycles. The van der Waals surface area contributed by atoms with Crippen LogP contribution in [0, 0.1) is 0 Å². The topological polar surface area (TPSA) is 58.9 Å². The van der Waals surface area contributed by atoms with Crippen molar-refractivity contribution in [2.75, 3.05) is 6.61 Å². The van der Waals surface area contributed by atoms with E-state index in [1.165, 1.54) is 17.6 Å². The fraction of sp³-hybridized carbons (Fsp3) is 0.100. The van der Waals surface area contributed by atoms with Crippen LogP contribution in [0.2, 0.25) is 0 Å². The molecular formula is C20H15Br2NO3S. The van der Waals surface area contributed by atoms with Gasteiger partial charge >= 0.3 is 5.97 Å². The number of phenols is 1. The van der Waals surface area contributed by atoms with E-state index >= 15 is 0 Å². The lowest BCUT2D eigenvalue weighted by Gasteiger charge is -2.06. The number of rotatable bonds is 5. The van der Waals surface area contributed by atoms with E-state index < -0.39 is 5.97 Å². The first-order valence-electron chi connectivity index (χ1n) is 8.07. The maximum atomic E-state index is 12.6. The van der Waals surface area contributed by atoms with Crippen LogP contribution in [0.25, 0.3) is 11.1 Å². The smallest absolute Gasteiger partial charge is 0.341 e. The lowest BCUT2D eigenvalue weighted by molar-refractivity contribution is 0.0529. The summed E-state index contributed by atoms with van der Waals surface area (Å²) in [5.74, 6) is -0.330. The Bertz CT molecular complexity index is 1000. The van der Waals surface area contributed by atoms with Crippen molar-refractivity contribution in [3.8, 4) is 16.9 Å². The number of carbonyl (C=O) groups excluding carboxylic acids is 1. The molecule has 1 heterocycles. The van der Waals surface area contributed by atoms with Gasteiger partial charge in [-0.2, -0.15) is 0 Å². The maximum Gasteiger partial charge on any atom is 0.341 e. The molecule has 0 atom stereocenters. The quantitative estimate of drug-likeness (QED) is 0.313. The van der Waals surface area contributed by atoms with Crippen LogP contribution in [0.3, 0.4) is 0 Å². The van der Waals surface area contributed by atoms with Crippen molar-refractivity contribution in [3.63, 3.8) is 0 Å². The number of hydrogen-bond acceptors (Lipinski definition) is 5. The molecule has 0 aliphatic carbocycles. The molecule has 0 unspecified atom stereocenters. The molecule has 4 nitrogen and oxygen atoms in total. The Labute approximate surface area is 177 Å². The Morgan fingerprint density at radius 1 is 1.26 bits per heavy atom. The largest absolute Gasteiger partial charge is 0.506 e. The Morgan fingerprint density at radius 3 is 2.70 bits per heavy atom. The van der Waals surface area contributed by atoms with Gasteiger partial charge in [-0.1, -0.05) is 46.3 Å². The van der Waals surface area contributed by atoms with Gasteiger partial charge in [-0.05, 0) is 40.5 Å². The first kappa shape index (κ1) is 19.8. The summed E-state index contributed by atoms with van der Waals surface area (Å²) in [4.78, 5) is 17.0. The Balaban J connectivity index is 2.06. The summed E-state index contributed by atoms with van der Waals surface area (Å²) in [5, 5.41) is 12.6. The Hall–Kier alpha value is -1.96. The maximum absolute atomic E-state index is 12.6. The van der Waals surface area contributed by atoms with Crippen LogP contribution < -0.4 is 0 Å². The SMILES string of the molecule is CCOC(=O)c1c(-c2ccccc2)csc1/N=C/c1cc(Br)cc(Br)c1O. The first-order valence-corrected chi connectivity index (χ1v) is 10.5. The van der Waals surface area contributed by atoms with Crippen molar-refractivity contribution in [2.45, 2.75) is 6.92 Å². The number of esters is 1. The second-order valence-electron chi connectivity index (χ2n) is 5.50.